The predicted molar refractivity (Wildman–Crippen MR) is 143 cm³/mol. The normalized spacial score (nSPS) is 11.4. The van der Waals surface area contributed by atoms with E-state index in [1.54, 1.807) is 18.4 Å². The van der Waals surface area contributed by atoms with Gasteiger partial charge in [0.25, 0.3) is 0 Å². The Morgan fingerprint density at radius 3 is 2.65 bits per heavy atom. The zero-order valence-corrected chi connectivity index (χ0v) is 20.8. The molecule has 0 aliphatic carbocycles. The van der Waals surface area contributed by atoms with Gasteiger partial charge in [-0.15, -0.1) is 0 Å². The van der Waals surface area contributed by atoms with Crippen LogP contribution < -0.4 is 10.5 Å². The Kier molecular flexibility index (Phi) is 6.79. The van der Waals surface area contributed by atoms with E-state index >= 15 is 0 Å². The van der Waals surface area contributed by atoms with Crippen LogP contribution in [0.3, 0.4) is 0 Å². The van der Waals surface area contributed by atoms with Crippen molar-refractivity contribution in [2.75, 3.05) is 0 Å². The summed E-state index contributed by atoms with van der Waals surface area (Å²) in [4.78, 5) is 11.3. The second-order valence-corrected chi connectivity index (χ2v) is 9.34. The number of furan rings is 1. The lowest BCUT2D eigenvalue weighted by Gasteiger charge is -2.11. The molecule has 3 aromatic carbocycles. The van der Waals surface area contributed by atoms with Gasteiger partial charge in [0.2, 0.25) is 0 Å². The number of aliphatic carboxylic acids is 1. The Morgan fingerprint density at radius 2 is 1.89 bits per heavy atom. The first-order chi connectivity index (χ1) is 17.9. The van der Waals surface area contributed by atoms with Crippen LogP contribution in [0.4, 0.5) is 0 Å². The highest BCUT2D eigenvalue weighted by atomic mass is 16.5. The molecule has 3 N–H and O–H groups in total. The van der Waals surface area contributed by atoms with Gasteiger partial charge >= 0.3 is 5.97 Å². The summed E-state index contributed by atoms with van der Waals surface area (Å²) < 4.78 is 14.1. The number of benzene rings is 3. The van der Waals surface area contributed by atoms with Crippen molar-refractivity contribution in [1.29, 1.82) is 0 Å². The molecule has 7 nitrogen and oxygen atoms in total. The van der Waals surface area contributed by atoms with E-state index in [-0.39, 0.29) is 19.1 Å². The number of aromatic nitrogens is 2. The number of ether oxygens (including phenoxy) is 1. The molecule has 0 fully saturated rings. The number of carbonyl (C=O) groups is 1. The molecule has 0 saturated carbocycles. The highest BCUT2D eigenvalue weighted by Gasteiger charge is 2.17. The zero-order chi connectivity index (χ0) is 25.9. The van der Waals surface area contributed by atoms with E-state index in [2.05, 4.69) is 43.2 Å². The van der Waals surface area contributed by atoms with Gasteiger partial charge < -0.3 is 20.0 Å². The number of nitrogens with zero attached hydrogens (tertiary/aromatic N) is 2. The van der Waals surface area contributed by atoms with Crippen molar-refractivity contribution in [1.82, 2.24) is 9.78 Å². The fourth-order valence-electron chi connectivity index (χ4n) is 4.43. The number of carboxylic acid groups (broad SMARTS) is 1. The number of fused-ring (bicyclic) bond motifs is 1. The smallest absolute Gasteiger partial charge is 0.307 e. The van der Waals surface area contributed by atoms with Gasteiger partial charge in [-0.05, 0) is 54.8 Å². The van der Waals surface area contributed by atoms with Crippen LogP contribution in [-0.2, 0) is 24.4 Å². The molecule has 0 radical (unpaired) electrons. The average Bonchev–Trinajstić information content (AvgIpc) is 3.55. The Hall–Kier alpha value is -4.36. The fourth-order valence-corrected chi connectivity index (χ4v) is 4.43. The van der Waals surface area contributed by atoms with Gasteiger partial charge in [-0.2, -0.15) is 5.10 Å². The van der Waals surface area contributed by atoms with E-state index in [0.717, 1.165) is 44.3 Å². The Balaban J connectivity index is 1.59. The molecule has 0 unspecified atom stereocenters. The third-order valence-corrected chi connectivity index (χ3v) is 6.39. The summed E-state index contributed by atoms with van der Waals surface area (Å²) in [5.74, 6) is -0.356. The van der Waals surface area contributed by atoms with Crippen LogP contribution in [-0.4, -0.2) is 20.9 Å². The summed E-state index contributed by atoms with van der Waals surface area (Å²) >= 11 is 0. The summed E-state index contributed by atoms with van der Waals surface area (Å²) in [5.41, 5.74) is 13.2. The molecule has 37 heavy (non-hydrogen) atoms. The molecule has 0 atom stereocenters. The van der Waals surface area contributed by atoms with Gasteiger partial charge in [-0.25, -0.2) is 0 Å². The minimum atomic E-state index is -0.902. The first-order valence-electron chi connectivity index (χ1n) is 12.2. The van der Waals surface area contributed by atoms with Gasteiger partial charge in [0.1, 0.15) is 17.9 Å². The first kappa shape index (κ1) is 24.3. The molecule has 0 aliphatic heterocycles. The van der Waals surface area contributed by atoms with Gasteiger partial charge in [0, 0.05) is 46.4 Å². The topological polar surface area (TPSA) is 104 Å². The van der Waals surface area contributed by atoms with Crippen molar-refractivity contribution in [3.8, 4) is 28.0 Å². The zero-order valence-electron chi connectivity index (χ0n) is 20.8. The van der Waals surface area contributed by atoms with Crippen LogP contribution in [0.5, 0.6) is 5.75 Å². The predicted octanol–water partition coefficient (Wildman–Crippen LogP) is 6.21. The number of hydrogen-bond donors (Lipinski definition) is 2. The number of carboxylic acids is 1. The second kappa shape index (κ2) is 10.3. The van der Waals surface area contributed by atoms with E-state index < -0.39 is 5.97 Å². The quantitative estimate of drug-likeness (QED) is 0.252. The SMILES string of the molecule is CC(C)n1cc(-c2cc(-c3cccc(CN)c3)cc3c(COc4ccccc4CC(=O)O)coc23)cn1. The molecule has 2 heterocycles. The maximum Gasteiger partial charge on any atom is 0.307 e. The standard InChI is InChI=1S/C30H29N3O4/c1-19(2)33-16-24(15-32-33)26-11-23(21-8-5-6-20(10-21)14-31)12-27-25(18-37-30(26)27)17-36-28-9-4-3-7-22(28)13-29(34)35/h3-12,15-16,18-19H,13-14,17,31H2,1-2H3,(H,34,35). The molecule has 0 amide bonds. The number of rotatable bonds is 9. The lowest BCUT2D eigenvalue weighted by molar-refractivity contribution is -0.136. The maximum absolute atomic E-state index is 11.3. The van der Waals surface area contributed by atoms with Gasteiger partial charge in [-0.1, -0.05) is 36.4 Å². The van der Waals surface area contributed by atoms with Gasteiger partial charge in [0.05, 0.1) is 18.9 Å². The van der Waals surface area contributed by atoms with Crippen LogP contribution in [0.25, 0.3) is 33.2 Å². The van der Waals surface area contributed by atoms with Crippen molar-refractivity contribution < 1.29 is 19.1 Å². The molecule has 7 heteroatoms. The molecule has 0 aliphatic rings. The molecule has 0 spiro atoms. The molecule has 0 saturated heterocycles. The fraction of sp³-hybridized carbons (Fsp3) is 0.200. The monoisotopic (exact) mass is 495 g/mol. The van der Waals surface area contributed by atoms with Crippen molar-refractivity contribution in [2.45, 2.75) is 39.5 Å². The summed E-state index contributed by atoms with van der Waals surface area (Å²) in [7, 11) is 0. The van der Waals surface area contributed by atoms with Crippen LogP contribution >= 0.6 is 0 Å². The molecule has 5 rings (SSSR count). The van der Waals surface area contributed by atoms with Crippen LogP contribution in [0.1, 0.15) is 36.6 Å². The van der Waals surface area contributed by atoms with E-state index in [4.69, 9.17) is 14.9 Å². The minimum Gasteiger partial charge on any atom is -0.488 e. The largest absolute Gasteiger partial charge is 0.488 e. The highest BCUT2D eigenvalue weighted by Crippen LogP contribution is 2.37. The van der Waals surface area contributed by atoms with Crippen LogP contribution in [0, 0.1) is 0 Å². The molecule has 5 aromatic rings. The van der Waals surface area contributed by atoms with Crippen LogP contribution in [0.15, 0.2) is 83.7 Å². The second-order valence-electron chi connectivity index (χ2n) is 9.34. The van der Waals surface area contributed by atoms with Crippen molar-refractivity contribution in [2.24, 2.45) is 5.73 Å². The van der Waals surface area contributed by atoms with Crippen molar-refractivity contribution >= 4 is 16.9 Å². The number of hydrogen-bond acceptors (Lipinski definition) is 5. The molecule has 0 bridgehead atoms. The third-order valence-electron chi connectivity index (χ3n) is 6.39. The lowest BCUT2D eigenvalue weighted by atomic mass is 9.96. The molecular formula is C30H29N3O4. The first-order valence-corrected chi connectivity index (χ1v) is 12.2. The minimum absolute atomic E-state index is 0.103. The Morgan fingerprint density at radius 1 is 1.05 bits per heavy atom. The summed E-state index contributed by atoms with van der Waals surface area (Å²) in [6, 6.07) is 19.9. The van der Waals surface area contributed by atoms with Crippen molar-refractivity contribution in [3.05, 3.63) is 96.0 Å². The summed E-state index contributed by atoms with van der Waals surface area (Å²) in [5, 5.41) is 14.7. The summed E-state index contributed by atoms with van der Waals surface area (Å²) in [6.07, 6.45) is 5.49. The third kappa shape index (κ3) is 5.13. The number of para-hydroxylation sites is 1. The van der Waals surface area contributed by atoms with Crippen LogP contribution in [0.2, 0.25) is 0 Å². The Bertz CT molecular complexity index is 1560. The summed E-state index contributed by atoms with van der Waals surface area (Å²) in [6.45, 7) is 4.88. The van der Waals surface area contributed by atoms with Crippen molar-refractivity contribution in [3.63, 3.8) is 0 Å². The number of nitrogens with two attached hydrogens (primary N) is 1. The molecule has 188 valence electrons. The van der Waals surface area contributed by atoms with E-state index in [1.807, 2.05) is 41.3 Å². The maximum atomic E-state index is 11.3. The highest BCUT2D eigenvalue weighted by molar-refractivity contribution is 5.98. The Labute approximate surface area is 215 Å². The lowest BCUT2D eigenvalue weighted by Crippen LogP contribution is -2.04. The van der Waals surface area contributed by atoms with E-state index in [9.17, 15) is 9.90 Å². The molecule has 2 aromatic heterocycles. The van der Waals surface area contributed by atoms with E-state index in [1.165, 1.54) is 0 Å². The molecular weight excluding hydrogens is 466 g/mol. The van der Waals surface area contributed by atoms with E-state index in [0.29, 0.717) is 17.9 Å². The van der Waals surface area contributed by atoms with Gasteiger partial charge in [0.15, 0.2) is 0 Å². The van der Waals surface area contributed by atoms with Gasteiger partial charge in [-0.3, -0.25) is 9.48 Å². The average molecular weight is 496 g/mol.